The molecule has 106 valence electrons. The van der Waals surface area contributed by atoms with Crippen LogP contribution in [-0.2, 0) is 0 Å². The number of methoxy groups -OCH3 is 1. The van der Waals surface area contributed by atoms with Crippen molar-refractivity contribution in [3.63, 3.8) is 0 Å². The van der Waals surface area contributed by atoms with Crippen LogP contribution in [0.4, 0.5) is 0 Å². The van der Waals surface area contributed by atoms with Crippen LogP contribution in [0.25, 0.3) is 11.1 Å². The molecule has 3 rings (SSSR count). The van der Waals surface area contributed by atoms with E-state index in [0.29, 0.717) is 0 Å². The second-order valence-corrected chi connectivity index (χ2v) is 4.90. The van der Waals surface area contributed by atoms with Crippen LogP contribution in [0.5, 0.6) is 5.75 Å². The van der Waals surface area contributed by atoms with Gasteiger partial charge in [0.2, 0.25) is 0 Å². The molecule has 3 aromatic rings. The average molecular weight is 279 g/mol. The lowest BCUT2D eigenvalue weighted by Gasteiger charge is -2.12. The Labute approximate surface area is 124 Å². The fourth-order valence-corrected chi connectivity index (χ4v) is 2.31. The highest BCUT2D eigenvalue weighted by molar-refractivity contribution is 5.64. The first-order valence-electron chi connectivity index (χ1n) is 6.86. The van der Waals surface area contributed by atoms with E-state index < -0.39 is 0 Å². The fraction of sp³-hybridized carbons (Fsp3) is 0.176. The van der Waals surface area contributed by atoms with E-state index in [9.17, 15) is 0 Å². The Bertz CT molecular complexity index is 688. The van der Waals surface area contributed by atoms with Gasteiger partial charge >= 0.3 is 0 Å². The third-order valence-electron chi connectivity index (χ3n) is 3.65. The molecule has 0 radical (unpaired) electrons. The molecule has 0 amide bonds. The summed E-state index contributed by atoms with van der Waals surface area (Å²) >= 11 is 0. The van der Waals surface area contributed by atoms with Gasteiger partial charge in [-0.15, -0.1) is 0 Å². The van der Waals surface area contributed by atoms with Crippen molar-refractivity contribution in [3.05, 3.63) is 66.7 Å². The molecule has 1 aromatic heterocycles. The van der Waals surface area contributed by atoms with E-state index in [0.717, 1.165) is 5.75 Å². The molecule has 4 heteroatoms. The Morgan fingerprint density at radius 2 is 1.57 bits per heavy atom. The van der Waals surface area contributed by atoms with Gasteiger partial charge in [-0.1, -0.05) is 36.4 Å². The van der Waals surface area contributed by atoms with Crippen molar-refractivity contribution in [2.24, 2.45) is 0 Å². The van der Waals surface area contributed by atoms with Gasteiger partial charge in [0.05, 0.1) is 13.2 Å². The molecular weight excluding hydrogens is 262 g/mol. The van der Waals surface area contributed by atoms with Crippen molar-refractivity contribution in [2.75, 3.05) is 7.11 Å². The zero-order valence-corrected chi connectivity index (χ0v) is 12.1. The molecule has 0 saturated carbocycles. The lowest BCUT2D eigenvalue weighted by atomic mass is 10.0. The standard InChI is InChI=1S/C17H17N3O/c1-13(20-12-18-11-19-20)14-3-5-15(6-4-14)16-7-9-17(21-2)10-8-16/h3-13H,1-2H3. The van der Waals surface area contributed by atoms with Crippen LogP contribution in [0.2, 0.25) is 0 Å². The Hall–Kier alpha value is -2.62. The quantitative estimate of drug-likeness (QED) is 0.733. The minimum Gasteiger partial charge on any atom is -0.497 e. The van der Waals surface area contributed by atoms with Gasteiger partial charge in [-0.05, 0) is 35.7 Å². The molecule has 0 N–H and O–H groups in total. The Kier molecular flexibility index (Phi) is 3.69. The molecule has 0 aliphatic heterocycles. The minimum absolute atomic E-state index is 0.178. The van der Waals surface area contributed by atoms with E-state index in [-0.39, 0.29) is 6.04 Å². The van der Waals surface area contributed by atoms with E-state index in [1.54, 1.807) is 19.8 Å². The van der Waals surface area contributed by atoms with Crippen LogP contribution < -0.4 is 4.74 Å². The zero-order valence-electron chi connectivity index (χ0n) is 12.1. The topological polar surface area (TPSA) is 39.9 Å². The lowest BCUT2D eigenvalue weighted by molar-refractivity contribution is 0.415. The summed E-state index contributed by atoms with van der Waals surface area (Å²) in [6, 6.07) is 16.8. The zero-order chi connectivity index (χ0) is 14.7. The molecule has 1 atom stereocenters. The van der Waals surface area contributed by atoms with Crippen LogP contribution in [0.3, 0.4) is 0 Å². The van der Waals surface area contributed by atoms with Crippen LogP contribution in [-0.4, -0.2) is 21.9 Å². The summed E-state index contributed by atoms with van der Waals surface area (Å²) in [6.45, 7) is 2.11. The second-order valence-electron chi connectivity index (χ2n) is 4.90. The summed E-state index contributed by atoms with van der Waals surface area (Å²) in [4.78, 5) is 3.99. The maximum atomic E-state index is 5.18. The average Bonchev–Trinajstić information content (AvgIpc) is 3.09. The molecule has 2 aromatic carbocycles. The predicted octanol–water partition coefficient (Wildman–Crippen LogP) is 3.56. The molecule has 0 aliphatic rings. The highest BCUT2D eigenvalue weighted by atomic mass is 16.5. The maximum absolute atomic E-state index is 5.18. The molecule has 0 saturated heterocycles. The smallest absolute Gasteiger partial charge is 0.137 e. The molecule has 4 nitrogen and oxygen atoms in total. The minimum atomic E-state index is 0.178. The number of aromatic nitrogens is 3. The van der Waals surface area contributed by atoms with Gasteiger partial charge < -0.3 is 4.74 Å². The van der Waals surface area contributed by atoms with Gasteiger partial charge in [0.25, 0.3) is 0 Å². The van der Waals surface area contributed by atoms with E-state index in [4.69, 9.17) is 4.74 Å². The molecule has 1 unspecified atom stereocenters. The largest absolute Gasteiger partial charge is 0.497 e. The van der Waals surface area contributed by atoms with Crippen molar-refractivity contribution in [1.82, 2.24) is 14.8 Å². The van der Waals surface area contributed by atoms with Crippen LogP contribution in [0.15, 0.2) is 61.2 Å². The van der Waals surface area contributed by atoms with Gasteiger partial charge in [-0.3, -0.25) is 0 Å². The third kappa shape index (κ3) is 2.79. The SMILES string of the molecule is COc1ccc(-c2ccc(C(C)n3cncn3)cc2)cc1. The van der Waals surface area contributed by atoms with E-state index in [1.807, 2.05) is 16.8 Å². The molecular formula is C17H17N3O. The third-order valence-corrected chi connectivity index (χ3v) is 3.65. The van der Waals surface area contributed by atoms with Crippen LogP contribution in [0.1, 0.15) is 18.5 Å². The second kappa shape index (κ2) is 5.79. The normalized spacial score (nSPS) is 12.1. The number of hydrogen-bond acceptors (Lipinski definition) is 3. The van der Waals surface area contributed by atoms with Crippen molar-refractivity contribution in [1.29, 1.82) is 0 Å². The summed E-state index contributed by atoms with van der Waals surface area (Å²) in [5, 5.41) is 4.18. The van der Waals surface area contributed by atoms with E-state index >= 15 is 0 Å². The van der Waals surface area contributed by atoms with E-state index in [1.165, 1.54) is 16.7 Å². The van der Waals surface area contributed by atoms with Crippen LogP contribution in [0, 0.1) is 0 Å². The first-order chi connectivity index (χ1) is 10.3. The summed E-state index contributed by atoms with van der Waals surface area (Å²) in [7, 11) is 1.68. The molecule has 1 heterocycles. The van der Waals surface area contributed by atoms with Crippen molar-refractivity contribution in [3.8, 4) is 16.9 Å². The fourth-order valence-electron chi connectivity index (χ4n) is 2.31. The van der Waals surface area contributed by atoms with Gasteiger partial charge in [-0.2, -0.15) is 5.10 Å². The number of benzene rings is 2. The maximum Gasteiger partial charge on any atom is 0.137 e. The Morgan fingerprint density at radius 1 is 0.952 bits per heavy atom. The first-order valence-corrected chi connectivity index (χ1v) is 6.86. The van der Waals surface area contributed by atoms with Gasteiger partial charge in [0.1, 0.15) is 18.4 Å². The summed E-state index contributed by atoms with van der Waals surface area (Å²) in [5.74, 6) is 0.871. The van der Waals surface area contributed by atoms with Gasteiger partial charge in [0.15, 0.2) is 0 Å². The Morgan fingerprint density at radius 3 is 2.10 bits per heavy atom. The number of ether oxygens (including phenoxy) is 1. The predicted molar refractivity (Wildman–Crippen MR) is 82.3 cm³/mol. The summed E-state index contributed by atoms with van der Waals surface area (Å²) in [5.41, 5.74) is 3.57. The van der Waals surface area contributed by atoms with Crippen LogP contribution >= 0.6 is 0 Å². The summed E-state index contributed by atoms with van der Waals surface area (Å²) in [6.07, 6.45) is 3.30. The summed E-state index contributed by atoms with van der Waals surface area (Å²) < 4.78 is 7.03. The van der Waals surface area contributed by atoms with Crippen molar-refractivity contribution < 1.29 is 4.74 Å². The molecule has 0 fully saturated rings. The molecule has 21 heavy (non-hydrogen) atoms. The van der Waals surface area contributed by atoms with E-state index in [2.05, 4.69) is 53.4 Å². The molecule has 0 aliphatic carbocycles. The number of rotatable bonds is 4. The molecule has 0 bridgehead atoms. The van der Waals surface area contributed by atoms with Gasteiger partial charge in [-0.25, -0.2) is 9.67 Å². The van der Waals surface area contributed by atoms with Crippen molar-refractivity contribution in [2.45, 2.75) is 13.0 Å². The first kappa shape index (κ1) is 13.4. The monoisotopic (exact) mass is 279 g/mol. The number of hydrogen-bond donors (Lipinski definition) is 0. The Balaban J connectivity index is 1.83. The molecule has 0 spiro atoms. The lowest BCUT2D eigenvalue weighted by Crippen LogP contribution is -2.06. The highest BCUT2D eigenvalue weighted by Gasteiger charge is 2.08. The number of nitrogens with zero attached hydrogens (tertiary/aromatic N) is 3. The highest BCUT2D eigenvalue weighted by Crippen LogP contribution is 2.25. The van der Waals surface area contributed by atoms with Crippen molar-refractivity contribution >= 4 is 0 Å². The van der Waals surface area contributed by atoms with Gasteiger partial charge in [0, 0.05) is 0 Å².